The molecule has 0 fully saturated rings. The Bertz CT molecular complexity index is 92.4. The molecule has 0 aromatic rings. The van der Waals surface area contributed by atoms with Crippen LogP contribution in [0.25, 0.3) is 0 Å². The van der Waals surface area contributed by atoms with Gasteiger partial charge in [-0.15, -0.1) is 0 Å². The molecule has 2 N–H and O–H groups in total. The van der Waals surface area contributed by atoms with Crippen molar-refractivity contribution in [3.05, 3.63) is 11.6 Å². The van der Waals surface area contributed by atoms with Gasteiger partial charge in [-0.25, -0.2) is 0 Å². The minimum absolute atomic E-state index is 0.369. The highest BCUT2D eigenvalue weighted by Gasteiger charge is 2.07. The number of hydrogen-bond donors (Lipinski definition) is 1. The fourth-order valence-corrected chi connectivity index (χ4v) is 0.652. The van der Waals surface area contributed by atoms with Crippen molar-refractivity contribution in [2.24, 2.45) is 5.73 Å². The van der Waals surface area contributed by atoms with Crippen LogP contribution in [0.3, 0.4) is 0 Å². The van der Waals surface area contributed by atoms with Crippen molar-refractivity contribution in [2.75, 3.05) is 0 Å². The summed E-state index contributed by atoms with van der Waals surface area (Å²) in [7, 11) is 0. The zero-order valence-corrected chi connectivity index (χ0v) is 4.65. The summed E-state index contributed by atoms with van der Waals surface area (Å²) in [5, 5.41) is 0. The van der Waals surface area contributed by atoms with Crippen molar-refractivity contribution in [2.45, 2.75) is 25.8 Å². The smallest absolute Gasteiger partial charge is 0.00477 e. The Hall–Kier alpha value is -0.300. The lowest BCUT2D eigenvalue weighted by molar-refractivity contribution is 0.742. The molecule has 0 radical (unpaired) electrons. The standard InChI is InChI=1S/C6H11N/c1-5(7)4-6-2-3-6/h2,5H,3-4,7H2,1H3. The molecule has 1 heteroatoms. The number of rotatable bonds is 2. The van der Waals surface area contributed by atoms with E-state index in [0.717, 1.165) is 6.42 Å². The average Bonchev–Trinajstić information content (AvgIpc) is 2.17. The molecule has 1 rings (SSSR count). The molecular formula is C6H11N. The molecule has 0 heterocycles. The summed E-state index contributed by atoms with van der Waals surface area (Å²) in [6.07, 6.45) is 4.56. The molecule has 0 saturated carbocycles. The predicted molar refractivity (Wildman–Crippen MR) is 31.0 cm³/mol. The molecule has 1 aliphatic rings. The molecule has 7 heavy (non-hydrogen) atoms. The molecule has 1 aliphatic carbocycles. The summed E-state index contributed by atoms with van der Waals surface area (Å²) in [6, 6.07) is 0.369. The van der Waals surface area contributed by atoms with Gasteiger partial charge in [0, 0.05) is 6.04 Å². The first-order valence-corrected chi connectivity index (χ1v) is 2.72. The van der Waals surface area contributed by atoms with Crippen LogP contribution in [0.1, 0.15) is 19.8 Å². The Morgan fingerprint density at radius 1 is 2.00 bits per heavy atom. The molecule has 40 valence electrons. The second-order valence-electron chi connectivity index (χ2n) is 2.25. The van der Waals surface area contributed by atoms with Crippen LogP contribution in [-0.4, -0.2) is 6.04 Å². The monoisotopic (exact) mass is 97.1 g/mol. The van der Waals surface area contributed by atoms with E-state index in [0.29, 0.717) is 6.04 Å². The molecular weight excluding hydrogens is 86.1 g/mol. The van der Waals surface area contributed by atoms with Crippen molar-refractivity contribution in [1.82, 2.24) is 0 Å². The Morgan fingerprint density at radius 3 is 2.71 bits per heavy atom. The van der Waals surface area contributed by atoms with Crippen LogP contribution in [0, 0.1) is 0 Å². The second-order valence-corrected chi connectivity index (χ2v) is 2.25. The quantitative estimate of drug-likeness (QED) is 0.512. The maximum Gasteiger partial charge on any atom is 0.00477 e. The topological polar surface area (TPSA) is 26.0 Å². The van der Waals surface area contributed by atoms with Gasteiger partial charge in [0.2, 0.25) is 0 Å². The van der Waals surface area contributed by atoms with E-state index in [1.165, 1.54) is 12.0 Å². The highest BCUT2D eigenvalue weighted by molar-refractivity contribution is 5.22. The van der Waals surface area contributed by atoms with Gasteiger partial charge in [-0.3, -0.25) is 0 Å². The largest absolute Gasteiger partial charge is 0.328 e. The van der Waals surface area contributed by atoms with Crippen molar-refractivity contribution in [3.8, 4) is 0 Å². The van der Waals surface area contributed by atoms with Gasteiger partial charge in [0.15, 0.2) is 0 Å². The summed E-state index contributed by atoms with van der Waals surface area (Å²) in [6.45, 7) is 2.04. The molecule has 0 aromatic carbocycles. The summed E-state index contributed by atoms with van der Waals surface area (Å²) >= 11 is 0. The minimum Gasteiger partial charge on any atom is -0.328 e. The first-order valence-electron chi connectivity index (χ1n) is 2.72. The summed E-state index contributed by atoms with van der Waals surface area (Å²) in [5.74, 6) is 0. The summed E-state index contributed by atoms with van der Waals surface area (Å²) < 4.78 is 0. The maximum absolute atomic E-state index is 5.49. The third-order valence-corrected chi connectivity index (χ3v) is 1.08. The van der Waals surface area contributed by atoms with E-state index in [-0.39, 0.29) is 0 Å². The normalized spacial score (nSPS) is 21.1. The minimum atomic E-state index is 0.369. The zero-order valence-electron chi connectivity index (χ0n) is 4.65. The first-order chi connectivity index (χ1) is 3.29. The van der Waals surface area contributed by atoms with Crippen molar-refractivity contribution < 1.29 is 0 Å². The molecule has 1 atom stereocenters. The van der Waals surface area contributed by atoms with Gasteiger partial charge in [-0.1, -0.05) is 11.6 Å². The third kappa shape index (κ3) is 1.74. The van der Waals surface area contributed by atoms with E-state index in [9.17, 15) is 0 Å². The van der Waals surface area contributed by atoms with Gasteiger partial charge >= 0.3 is 0 Å². The highest BCUT2D eigenvalue weighted by atomic mass is 14.6. The van der Waals surface area contributed by atoms with Crippen LogP contribution in [0.5, 0.6) is 0 Å². The van der Waals surface area contributed by atoms with Crippen LogP contribution in [0.2, 0.25) is 0 Å². The molecule has 0 spiro atoms. The Labute approximate surface area is 44.2 Å². The van der Waals surface area contributed by atoms with Gasteiger partial charge in [-0.2, -0.15) is 0 Å². The maximum atomic E-state index is 5.49. The third-order valence-electron chi connectivity index (χ3n) is 1.08. The van der Waals surface area contributed by atoms with E-state index in [2.05, 4.69) is 6.08 Å². The van der Waals surface area contributed by atoms with E-state index < -0.39 is 0 Å². The zero-order chi connectivity index (χ0) is 5.28. The number of allylic oxidation sites excluding steroid dienone is 1. The summed E-state index contributed by atoms with van der Waals surface area (Å²) in [5.41, 5.74) is 7.03. The number of nitrogens with two attached hydrogens (primary N) is 1. The molecule has 0 aliphatic heterocycles. The first kappa shape index (κ1) is 4.85. The van der Waals surface area contributed by atoms with Gasteiger partial charge in [0.05, 0.1) is 0 Å². The average molecular weight is 97.2 g/mol. The molecule has 1 unspecified atom stereocenters. The van der Waals surface area contributed by atoms with E-state index >= 15 is 0 Å². The van der Waals surface area contributed by atoms with Crippen molar-refractivity contribution >= 4 is 0 Å². The lowest BCUT2D eigenvalue weighted by Gasteiger charge is -1.96. The Morgan fingerprint density at radius 2 is 2.57 bits per heavy atom. The van der Waals surface area contributed by atoms with Gasteiger partial charge < -0.3 is 5.73 Å². The van der Waals surface area contributed by atoms with Crippen LogP contribution < -0.4 is 5.73 Å². The highest BCUT2D eigenvalue weighted by Crippen LogP contribution is 2.22. The fraction of sp³-hybridized carbons (Fsp3) is 0.667. The molecule has 0 bridgehead atoms. The Balaban J connectivity index is 2.09. The van der Waals surface area contributed by atoms with Gasteiger partial charge in [0.25, 0.3) is 0 Å². The van der Waals surface area contributed by atoms with E-state index in [4.69, 9.17) is 5.73 Å². The lowest BCUT2D eigenvalue weighted by Crippen LogP contribution is -2.13. The van der Waals surface area contributed by atoms with Crippen LogP contribution in [0.4, 0.5) is 0 Å². The fourth-order valence-electron chi connectivity index (χ4n) is 0.652. The second kappa shape index (κ2) is 1.66. The van der Waals surface area contributed by atoms with E-state index in [1.54, 1.807) is 0 Å². The van der Waals surface area contributed by atoms with Crippen molar-refractivity contribution in [1.29, 1.82) is 0 Å². The molecule has 1 nitrogen and oxygen atoms in total. The number of hydrogen-bond acceptors (Lipinski definition) is 1. The van der Waals surface area contributed by atoms with Crippen LogP contribution in [0.15, 0.2) is 11.6 Å². The predicted octanol–water partition coefficient (Wildman–Crippen LogP) is 1.05. The molecule has 0 amide bonds. The van der Waals surface area contributed by atoms with Gasteiger partial charge in [0.1, 0.15) is 0 Å². The van der Waals surface area contributed by atoms with Crippen molar-refractivity contribution in [3.63, 3.8) is 0 Å². The lowest BCUT2D eigenvalue weighted by atomic mass is 10.2. The molecule has 0 saturated heterocycles. The van der Waals surface area contributed by atoms with Crippen LogP contribution in [-0.2, 0) is 0 Å². The Kier molecular flexibility index (Phi) is 1.15. The summed E-state index contributed by atoms with van der Waals surface area (Å²) in [4.78, 5) is 0. The van der Waals surface area contributed by atoms with E-state index in [1.807, 2.05) is 6.92 Å². The SMILES string of the molecule is CC(N)CC1=CC1. The molecule has 0 aromatic heterocycles. The van der Waals surface area contributed by atoms with Crippen LogP contribution >= 0.6 is 0 Å². The van der Waals surface area contributed by atoms with Gasteiger partial charge in [-0.05, 0) is 19.8 Å².